The summed E-state index contributed by atoms with van der Waals surface area (Å²) in [5, 5.41) is 3.47. The van der Waals surface area contributed by atoms with Gasteiger partial charge >= 0.3 is 0 Å². The lowest BCUT2D eigenvalue weighted by Gasteiger charge is -2.22. The smallest absolute Gasteiger partial charge is 0.164 e. The number of thiazole rings is 1. The van der Waals surface area contributed by atoms with E-state index in [1.807, 2.05) is 60.7 Å². The Balaban J connectivity index is 0.961. The zero-order valence-corrected chi connectivity index (χ0v) is 34.4. The van der Waals surface area contributed by atoms with Crippen LogP contribution in [0.4, 0.5) is 0 Å². The Morgan fingerprint density at radius 3 is 1.74 bits per heavy atom. The van der Waals surface area contributed by atoms with E-state index >= 15 is 0 Å². The number of para-hydroxylation sites is 1. The summed E-state index contributed by atoms with van der Waals surface area (Å²) in [7, 11) is 0. The van der Waals surface area contributed by atoms with Gasteiger partial charge in [-0.1, -0.05) is 159 Å². The summed E-state index contributed by atoms with van der Waals surface area (Å²) in [6.45, 7) is 4.69. The summed E-state index contributed by atoms with van der Waals surface area (Å²) < 4.78 is 3.59. The molecule has 3 aromatic heterocycles. The summed E-state index contributed by atoms with van der Waals surface area (Å²) in [6.07, 6.45) is 0. The van der Waals surface area contributed by atoms with Gasteiger partial charge in [0.25, 0.3) is 0 Å². The van der Waals surface area contributed by atoms with Gasteiger partial charge in [-0.2, -0.15) is 0 Å². The molecule has 0 aliphatic heterocycles. The predicted molar refractivity (Wildman–Crippen MR) is 252 cm³/mol. The SMILES string of the molecule is CC1(C)c2ccc(-c3ccc4c(c3)c3ccccc3n4-c3cccc(-c4nc(-c5ccccc5)nc(-c5ccccc5)n4)c3)cc2-c2ccc3sc(-c4ccccc4)nc3c21. The Labute approximate surface area is 357 Å². The van der Waals surface area contributed by atoms with Gasteiger partial charge in [0.15, 0.2) is 17.5 Å². The summed E-state index contributed by atoms with van der Waals surface area (Å²) >= 11 is 1.78. The van der Waals surface area contributed by atoms with Crippen molar-refractivity contribution in [2.24, 2.45) is 0 Å². The van der Waals surface area contributed by atoms with Crippen molar-refractivity contribution in [2.45, 2.75) is 19.3 Å². The van der Waals surface area contributed by atoms with Crippen LogP contribution in [0.2, 0.25) is 0 Å². The van der Waals surface area contributed by atoms with Crippen LogP contribution in [-0.2, 0) is 5.41 Å². The Kier molecular flexibility index (Phi) is 7.99. The molecule has 3 heterocycles. The number of fused-ring (bicyclic) bond motifs is 8. The van der Waals surface area contributed by atoms with Crippen LogP contribution >= 0.6 is 11.3 Å². The van der Waals surface area contributed by atoms with Crippen LogP contribution in [0.25, 0.3) is 105 Å². The summed E-state index contributed by atoms with van der Waals surface area (Å²) in [5.41, 5.74) is 15.9. The number of hydrogen-bond acceptors (Lipinski definition) is 5. The van der Waals surface area contributed by atoms with Gasteiger partial charge in [0.2, 0.25) is 0 Å². The maximum atomic E-state index is 5.27. The van der Waals surface area contributed by atoms with Crippen molar-refractivity contribution in [2.75, 3.05) is 0 Å². The third-order valence-electron chi connectivity index (χ3n) is 12.3. The van der Waals surface area contributed by atoms with Crippen molar-refractivity contribution in [1.29, 1.82) is 0 Å². The van der Waals surface area contributed by atoms with Crippen LogP contribution < -0.4 is 0 Å². The molecule has 12 rings (SSSR count). The van der Waals surface area contributed by atoms with Crippen molar-refractivity contribution < 1.29 is 0 Å². The zero-order chi connectivity index (χ0) is 40.7. The first-order valence-electron chi connectivity index (χ1n) is 20.6. The minimum absolute atomic E-state index is 0.176. The quantitative estimate of drug-likeness (QED) is 0.168. The van der Waals surface area contributed by atoms with Gasteiger partial charge < -0.3 is 4.57 Å². The first-order valence-corrected chi connectivity index (χ1v) is 21.5. The second-order valence-corrected chi connectivity index (χ2v) is 17.3. The lowest BCUT2D eigenvalue weighted by molar-refractivity contribution is 0.665. The normalized spacial score (nSPS) is 12.9. The van der Waals surface area contributed by atoms with Gasteiger partial charge in [0.1, 0.15) is 5.01 Å². The Morgan fingerprint density at radius 1 is 0.426 bits per heavy atom. The van der Waals surface area contributed by atoms with Gasteiger partial charge in [0.05, 0.1) is 21.3 Å². The van der Waals surface area contributed by atoms with Crippen molar-refractivity contribution >= 4 is 43.4 Å². The zero-order valence-electron chi connectivity index (χ0n) is 33.5. The molecule has 0 saturated carbocycles. The largest absolute Gasteiger partial charge is 0.309 e. The number of nitrogens with zero attached hydrogens (tertiary/aromatic N) is 5. The lowest BCUT2D eigenvalue weighted by Crippen LogP contribution is -2.15. The first-order chi connectivity index (χ1) is 30.0. The van der Waals surface area contributed by atoms with Gasteiger partial charge in [-0.05, 0) is 75.8 Å². The van der Waals surface area contributed by atoms with Gasteiger partial charge in [-0.25, -0.2) is 19.9 Å². The Morgan fingerprint density at radius 2 is 1.02 bits per heavy atom. The molecule has 11 aromatic rings. The molecule has 0 atom stereocenters. The third kappa shape index (κ3) is 5.75. The lowest BCUT2D eigenvalue weighted by atomic mass is 9.81. The molecule has 0 amide bonds. The highest BCUT2D eigenvalue weighted by molar-refractivity contribution is 7.21. The molecule has 0 bridgehead atoms. The van der Waals surface area contributed by atoms with E-state index in [-0.39, 0.29) is 5.41 Å². The number of benzene rings is 8. The van der Waals surface area contributed by atoms with Crippen molar-refractivity contribution in [1.82, 2.24) is 24.5 Å². The molecule has 6 heteroatoms. The molecule has 0 unspecified atom stereocenters. The fourth-order valence-corrected chi connectivity index (χ4v) is 10.3. The maximum absolute atomic E-state index is 5.27. The van der Waals surface area contributed by atoms with E-state index in [0.29, 0.717) is 17.5 Å². The average Bonchev–Trinajstić information content (AvgIpc) is 3.97. The highest BCUT2D eigenvalue weighted by Gasteiger charge is 2.38. The van der Waals surface area contributed by atoms with E-state index in [9.17, 15) is 0 Å². The minimum atomic E-state index is -0.176. The van der Waals surface area contributed by atoms with Crippen molar-refractivity contribution in [3.8, 4) is 72.7 Å². The van der Waals surface area contributed by atoms with Crippen LogP contribution in [0.15, 0.2) is 188 Å². The van der Waals surface area contributed by atoms with E-state index in [1.54, 1.807) is 11.3 Å². The van der Waals surface area contributed by atoms with Crippen LogP contribution in [0, 0.1) is 0 Å². The molecule has 1 aliphatic carbocycles. The second-order valence-electron chi connectivity index (χ2n) is 16.3. The van der Waals surface area contributed by atoms with Crippen LogP contribution in [0.5, 0.6) is 0 Å². The van der Waals surface area contributed by atoms with Gasteiger partial charge in [-0.15, -0.1) is 11.3 Å². The molecule has 0 fully saturated rings. The summed E-state index contributed by atoms with van der Waals surface area (Å²) in [6, 6.07) is 66.5. The molecule has 0 saturated heterocycles. The molecular weight excluding hydrogens is 763 g/mol. The van der Waals surface area contributed by atoms with Crippen LogP contribution in [-0.4, -0.2) is 24.5 Å². The summed E-state index contributed by atoms with van der Waals surface area (Å²) in [4.78, 5) is 20.3. The number of aromatic nitrogens is 5. The fourth-order valence-electron chi connectivity index (χ4n) is 9.33. The van der Waals surface area contributed by atoms with Gasteiger partial charge in [0, 0.05) is 44.1 Å². The molecule has 0 spiro atoms. The molecule has 8 aromatic carbocycles. The molecule has 288 valence electrons. The van der Waals surface area contributed by atoms with E-state index in [2.05, 4.69) is 146 Å². The molecule has 0 N–H and O–H groups in total. The molecule has 5 nitrogen and oxygen atoms in total. The van der Waals surface area contributed by atoms with Crippen LogP contribution in [0.3, 0.4) is 0 Å². The third-order valence-corrected chi connectivity index (χ3v) is 13.3. The standard InChI is InChI=1S/C55H37N5S/c1-55(2)45-28-25-37(32-43(45)42-27-30-48-50(49(42)55)56-54(61-48)36-19-10-5-11-20-36)38-26-29-47-44(33-38)41-23-12-13-24-46(41)60(47)40-22-14-21-39(31-40)53-58-51(34-15-6-3-7-16-34)57-52(59-53)35-17-8-4-9-18-35/h3-33H,1-2H3. The minimum Gasteiger partial charge on any atom is -0.309 e. The Bertz CT molecular complexity index is 3440. The molecule has 61 heavy (non-hydrogen) atoms. The monoisotopic (exact) mass is 799 g/mol. The first kappa shape index (κ1) is 35.4. The fraction of sp³-hybridized carbons (Fsp3) is 0.0545. The Hall–Kier alpha value is -7.54. The highest BCUT2D eigenvalue weighted by Crippen LogP contribution is 2.53. The van der Waals surface area contributed by atoms with E-state index < -0.39 is 0 Å². The van der Waals surface area contributed by atoms with Gasteiger partial charge in [-0.3, -0.25) is 0 Å². The van der Waals surface area contributed by atoms with Crippen molar-refractivity contribution in [3.63, 3.8) is 0 Å². The topological polar surface area (TPSA) is 56.5 Å². The van der Waals surface area contributed by atoms with E-state index in [0.717, 1.165) is 49.5 Å². The summed E-state index contributed by atoms with van der Waals surface area (Å²) in [5.74, 6) is 1.92. The van der Waals surface area contributed by atoms with E-state index in [1.165, 1.54) is 48.9 Å². The molecular formula is C55H37N5S. The predicted octanol–water partition coefficient (Wildman–Crippen LogP) is 14.2. The van der Waals surface area contributed by atoms with Crippen molar-refractivity contribution in [3.05, 3.63) is 199 Å². The number of rotatable bonds is 6. The average molecular weight is 800 g/mol. The van der Waals surface area contributed by atoms with Crippen LogP contribution in [0.1, 0.15) is 25.0 Å². The highest BCUT2D eigenvalue weighted by atomic mass is 32.1. The molecule has 1 aliphatic rings. The second kappa shape index (κ2) is 13.8. The maximum Gasteiger partial charge on any atom is 0.164 e. The molecule has 0 radical (unpaired) electrons. The van der Waals surface area contributed by atoms with E-state index in [4.69, 9.17) is 19.9 Å². The number of hydrogen-bond donors (Lipinski definition) is 0.